The van der Waals surface area contributed by atoms with Crippen LogP contribution in [0.25, 0.3) is 0 Å². The van der Waals surface area contributed by atoms with Crippen molar-refractivity contribution in [1.29, 1.82) is 5.26 Å². The highest BCUT2D eigenvalue weighted by Gasteiger charge is 2.34. The maximum Gasteiger partial charge on any atom is 0.573 e. The molecule has 0 amide bonds. The zero-order valence-electron chi connectivity index (χ0n) is 9.14. The van der Waals surface area contributed by atoms with Gasteiger partial charge in [0.1, 0.15) is 0 Å². The number of ether oxygens (including phenoxy) is 1. The van der Waals surface area contributed by atoms with Crippen molar-refractivity contribution in [3.05, 3.63) is 23.0 Å². The van der Waals surface area contributed by atoms with Gasteiger partial charge in [-0.1, -0.05) is 0 Å². The highest BCUT2D eigenvalue weighted by molar-refractivity contribution is 6.17. The molecular weight excluding hydrogens is 295 g/mol. The van der Waals surface area contributed by atoms with Crippen LogP contribution in [0, 0.1) is 11.3 Å². The molecule has 0 spiro atoms. The van der Waals surface area contributed by atoms with Gasteiger partial charge in [0.2, 0.25) is 0 Å². The van der Waals surface area contributed by atoms with E-state index < -0.39 is 30.5 Å². The Kier molecular flexibility index (Phi) is 4.89. The van der Waals surface area contributed by atoms with Crippen molar-refractivity contribution in [3.8, 4) is 11.8 Å². The average Bonchev–Trinajstić information content (AvgIpc) is 2.27. The van der Waals surface area contributed by atoms with Crippen LogP contribution in [0.5, 0.6) is 5.75 Å². The number of nitriles is 1. The minimum absolute atomic E-state index is 0.0759. The molecule has 19 heavy (non-hydrogen) atoms. The van der Waals surface area contributed by atoms with E-state index in [9.17, 15) is 22.0 Å². The van der Waals surface area contributed by atoms with Crippen molar-refractivity contribution < 1.29 is 26.7 Å². The van der Waals surface area contributed by atoms with Crippen LogP contribution in [0.3, 0.4) is 0 Å². The summed E-state index contributed by atoms with van der Waals surface area (Å²) < 4.78 is 65.5. The first kappa shape index (κ1) is 15.4. The topological polar surface area (TPSA) is 45.9 Å². The molecule has 0 aliphatic carbocycles. The van der Waals surface area contributed by atoms with Gasteiger partial charge in [0.25, 0.3) is 6.43 Å². The third kappa shape index (κ3) is 3.92. The Hall–Kier alpha value is -1.62. The fourth-order valence-corrected chi connectivity index (χ4v) is 1.66. The van der Waals surface area contributed by atoms with E-state index in [0.29, 0.717) is 6.20 Å². The molecule has 0 saturated heterocycles. The number of alkyl halides is 6. The van der Waals surface area contributed by atoms with Crippen molar-refractivity contribution >= 4 is 11.6 Å². The second kappa shape index (κ2) is 6.02. The fourth-order valence-electron chi connectivity index (χ4n) is 1.42. The molecule has 1 rings (SSSR count). The molecule has 0 aliphatic heterocycles. The Morgan fingerprint density at radius 3 is 2.47 bits per heavy atom. The Labute approximate surface area is 109 Å². The Bertz CT molecular complexity index is 498. The maximum absolute atomic E-state index is 12.9. The Morgan fingerprint density at radius 1 is 1.42 bits per heavy atom. The van der Waals surface area contributed by atoms with Gasteiger partial charge in [-0.15, -0.1) is 24.8 Å². The van der Waals surface area contributed by atoms with E-state index in [2.05, 4.69) is 9.72 Å². The van der Waals surface area contributed by atoms with Crippen molar-refractivity contribution in [2.24, 2.45) is 0 Å². The lowest BCUT2D eigenvalue weighted by Crippen LogP contribution is -2.19. The van der Waals surface area contributed by atoms with E-state index >= 15 is 0 Å². The van der Waals surface area contributed by atoms with Crippen molar-refractivity contribution in [3.63, 3.8) is 0 Å². The van der Waals surface area contributed by atoms with Gasteiger partial charge in [0.05, 0.1) is 35.8 Å². The minimum atomic E-state index is -5.13. The first-order valence-corrected chi connectivity index (χ1v) is 5.31. The van der Waals surface area contributed by atoms with E-state index in [1.54, 1.807) is 6.07 Å². The molecule has 3 nitrogen and oxygen atoms in total. The summed E-state index contributed by atoms with van der Waals surface area (Å²) in [7, 11) is 0. The second-order valence-electron chi connectivity index (χ2n) is 3.28. The van der Waals surface area contributed by atoms with Crippen molar-refractivity contribution in [1.82, 2.24) is 4.98 Å². The molecule has 0 atom stereocenters. The number of pyridine rings is 1. The van der Waals surface area contributed by atoms with E-state index in [1.807, 2.05) is 0 Å². The van der Waals surface area contributed by atoms with Gasteiger partial charge in [-0.05, 0) is 0 Å². The van der Waals surface area contributed by atoms with E-state index in [4.69, 9.17) is 16.9 Å². The maximum atomic E-state index is 12.9. The molecule has 0 aliphatic rings. The van der Waals surface area contributed by atoms with Crippen LogP contribution in [0.4, 0.5) is 22.0 Å². The van der Waals surface area contributed by atoms with Gasteiger partial charge in [0.15, 0.2) is 5.75 Å². The smallest absolute Gasteiger partial charge is 0.404 e. The molecule has 0 aromatic carbocycles. The van der Waals surface area contributed by atoms with E-state index in [-0.39, 0.29) is 17.1 Å². The van der Waals surface area contributed by atoms with Crippen LogP contribution in [0.2, 0.25) is 0 Å². The standard InChI is InChI=1S/C10H6ClF5N2O/c11-3-6-5(1-2-17)8(9(12)13)7(4-18-6)19-10(14,15)16/h4,9H,1,3H2. The zero-order chi connectivity index (χ0) is 14.6. The van der Waals surface area contributed by atoms with E-state index in [1.165, 1.54) is 0 Å². The van der Waals surface area contributed by atoms with Gasteiger partial charge < -0.3 is 4.74 Å². The third-order valence-corrected chi connectivity index (χ3v) is 2.36. The number of rotatable bonds is 4. The molecular formula is C10H6ClF5N2O. The monoisotopic (exact) mass is 300 g/mol. The van der Waals surface area contributed by atoms with Gasteiger partial charge >= 0.3 is 6.36 Å². The SMILES string of the molecule is N#CCc1c(CCl)ncc(OC(F)(F)F)c1C(F)F. The second-order valence-corrected chi connectivity index (χ2v) is 3.55. The van der Waals surface area contributed by atoms with Crippen LogP contribution in [0.1, 0.15) is 23.2 Å². The van der Waals surface area contributed by atoms with Crippen LogP contribution in [-0.4, -0.2) is 11.3 Å². The normalized spacial score (nSPS) is 11.5. The predicted molar refractivity (Wildman–Crippen MR) is 54.8 cm³/mol. The van der Waals surface area contributed by atoms with E-state index in [0.717, 1.165) is 0 Å². The molecule has 104 valence electrons. The first-order chi connectivity index (χ1) is 8.80. The summed E-state index contributed by atoms with van der Waals surface area (Å²) in [6.07, 6.45) is -8.39. The molecule has 1 aromatic heterocycles. The molecule has 0 saturated carbocycles. The molecule has 0 bridgehead atoms. The Balaban J connectivity index is 3.41. The molecule has 0 radical (unpaired) electrons. The van der Waals surface area contributed by atoms with Gasteiger partial charge in [0, 0.05) is 5.56 Å². The summed E-state index contributed by atoms with van der Waals surface area (Å²) in [4.78, 5) is 3.50. The van der Waals surface area contributed by atoms with Crippen LogP contribution in [-0.2, 0) is 12.3 Å². The lowest BCUT2D eigenvalue weighted by Gasteiger charge is -2.16. The summed E-state index contributed by atoms with van der Waals surface area (Å²) in [5.41, 5.74) is -1.42. The number of hydrogen-bond acceptors (Lipinski definition) is 3. The summed E-state index contributed by atoms with van der Waals surface area (Å²) in [5, 5.41) is 8.54. The quantitative estimate of drug-likeness (QED) is 0.629. The fraction of sp³-hybridized carbons (Fsp3) is 0.400. The zero-order valence-corrected chi connectivity index (χ0v) is 9.90. The number of aromatic nitrogens is 1. The summed E-state index contributed by atoms with van der Waals surface area (Å²) in [6, 6.07) is 1.58. The molecule has 1 heterocycles. The number of nitrogens with zero attached hydrogens (tertiary/aromatic N) is 2. The van der Waals surface area contributed by atoms with Crippen molar-refractivity contribution in [2.45, 2.75) is 25.1 Å². The molecule has 0 unspecified atom stereocenters. The van der Waals surface area contributed by atoms with Gasteiger partial charge in [-0.2, -0.15) is 5.26 Å². The van der Waals surface area contributed by atoms with Gasteiger partial charge in [-0.3, -0.25) is 4.98 Å². The largest absolute Gasteiger partial charge is 0.573 e. The summed E-state index contributed by atoms with van der Waals surface area (Å²) in [5.74, 6) is -1.43. The van der Waals surface area contributed by atoms with Gasteiger partial charge in [-0.25, -0.2) is 8.78 Å². The average molecular weight is 301 g/mol. The van der Waals surface area contributed by atoms with Crippen molar-refractivity contribution in [2.75, 3.05) is 0 Å². The van der Waals surface area contributed by atoms with Crippen LogP contribution in [0.15, 0.2) is 6.20 Å². The summed E-state index contributed by atoms with van der Waals surface area (Å²) in [6.45, 7) is 0. The molecule has 9 heteroatoms. The van der Waals surface area contributed by atoms with Crippen LogP contribution < -0.4 is 4.74 Å². The number of hydrogen-bond donors (Lipinski definition) is 0. The molecule has 0 fully saturated rings. The lowest BCUT2D eigenvalue weighted by atomic mass is 10.0. The van der Waals surface area contributed by atoms with Crippen LogP contribution >= 0.6 is 11.6 Å². The summed E-state index contributed by atoms with van der Waals surface area (Å²) >= 11 is 5.45. The molecule has 0 N–H and O–H groups in total. The predicted octanol–water partition coefficient (Wildman–Crippen LogP) is 3.72. The third-order valence-electron chi connectivity index (χ3n) is 2.10. The molecule has 1 aromatic rings. The first-order valence-electron chi connectivity index (χ1n) is 4.77. The Morgan fingerprint density at radius 2 is 2.05 bits per heavy atom. The lowest BCUT2D eigenvalue weighted by molar-refractivity contribution is -0.275. The minimum Gasteiger partial charge on any atom is -0.404 e. The number of halogens is 6. The highest BCUT2D eigenvalue weighted by atomic mass is 35.5. The highest BCUT2D eigenvalue weighted by Crippen LogP contribution is 2.36.